The van der Waals surface area contributed by atoms with Crippen molar-refractivity contribution >= 4 is 0 Å². The molecule has 1 atom stereocenters. The quantitative estimate of drug-likeness (QED) is 0.828. The molecular formula is C12H18N4. The van der Waals surface area contributed by atoms with Crippen LogP contribution in [-0.2, 0) is 6.42 Å². The third kappa shape index (κ3) is 2.32. The van der Waals surface area contributed by atoms with Gasteiger partial charge in [0.1, 0.15) is 0 Å². The highest BCUT2D eigenvalue weighted by Crippen LogP contribution is 2.20. The summed E-state index contributed by atoms with van der Waals surface area (Å²) in [6.07, 6.45) is 4.80. The predicted molar refractivity (Wildman–Crippen MR) is 63.4 cm³/mol. The van der Waals surface area contributed by atoms with Crippen LogP contribution in [0, 0.1) is 0 Å². The van der Waals surface area contributed by atoms with Crippen LogP contribution in [0.25, 0.3) is 0 Å². The molecule has 0 bridgehead atoms. The summed E-state index contributed by atoms with van der Waals surface area (Å²) in [5.41, 5.74) is 3.56. The third-order valence-electron chi connectivity index (χ3n) is 2.86. The number of H-pyrrole nitrogens is 2. The maximum atomic E-state index is 4.30. The zero-order valence-corrected chi connectivity index (χ0v) is 9.99. The van der Waals surface area contributed by atoms with Crippen LogP contribution < -0.4 is 0 Å². The molecule has 0 saturated carbocycles. The van der Waals surface area contributed by atoms with E-state index in [-0.39, 0.29) is 0 Å². The van der Waals surface area contributed by atoms with Gasteiger partial charge < -0.3 is 0 Å². The molecule has 0 aliphatic carbocycles. The van der Waals surface area contributed by atoms with Gasteiger partial charge in [0.2, 0.25) is 0 Å². The first-order valence-corrected chi connectivity index (χ1v) is 5.69. The predicted octanol–water partition coefficient (Wildman–Crippen LogP) is 2.60. The van der Waals surface area contributed by atoms with Crippen LogP contribution in [0.2, 0.25) is 0 Å². The van der Waals surface area contributed by atoms with E-state index < -0.39 is 0 Å². The van der Waals surface area contributed by atoms with E-state index in [4.69, 9.17) is 0 Å². The molecule has 4 nitrogen and oxygen atoms in total. The largest absolute Gasteiger partial charge is 0.285 e. The molecule has 2 heterocycles. The molecule has 2 N–H and O–H groups in total. The van der Waals surface area contributed by atoms with Gasteiger partial charge in [-0.1, -0.05) is 20.8 Å². The van der Waals surface area contributed by atoms with E-state index in [1.165, 1.54) is 11.3 Å². The van der Waals surface area contributed by atoms with E-state index in [2.05, 4.69) is 47.2 Å². The van der Waals surface area contributed by atoms with Crippen LogP contribution in [-0.4, -0.2) is 20.4 Å². The average molecular weight is 218 g/mol. The summed E-state index contributed by atoms with van der Waals surface area (Å²) in [5.74, 6) is 0.938. The van der Waals surface area contributed by atoms with Gasteiger partial charge in [0.05, 0.1) is 11.9 Å². The first kappa shape index (κ1) is 10.9. The Morgan fingerprint density at radius 2 is 2.12 bits per heavy atom. The van der Waals surface area contributed by atoms with E-state index in [1.54, 1.807) is 0 Å². The Balaban J connectivity index is 2.03. The van der Waals surface area contributed by atoms with Gasteiger partial charge in [-0.15, -0.1) is 0 Å². The van der Waals surface area contributed by atoms with Crippen molar-refractivity contribution in [1.29, 1.82) is 0 Å². The van der Waals surface area contributed by atoms with Gasteiger partial charge in [0, 0.05) is 11.9 Å². The molecule has 0 aromatic carbocycles. The molecule has 0 aliphatic heterocycles. The second-order valence-corrected chi connectivity index (χ2v) is 4.61. The zero-order chi connectivity index (χ0) is 11.5. The summed E-state index contributed by atoms with van der Waals surface area (Å²) >= 11 is 0. The lowest BCUT2D eigenvalue weighted by molar-refractivity contribution is 0.736. The van der Waals surface area contributed by atoms with Crippen LogP contribution in [0.15, 0.2) is 18.5 Å². The lowest BCUT2D eigenvalue weighted by atomic mass is 9.99. The summed E-state index contributed by atoms with van der Waals surface area (Å²) in [7, 11) is 0. The van der Waals surface area contributed by atoms with Crippen molar-refractivity contribution in [2.45, 2.75) is 39.0 Å². The van der Waals surface area contributed by atoms with E-state index in [9.17, 15) is 0 Å². The number of aromatic amines is 2. The molecule has 0 spiro atoms. The number of aromatic nitrogens is 4. The molecule has 0 saturated heterocycles. The van der Waals surface area contributed by atoms with E-state index >= 15 is 0 Å². The van der Waals surface area contributed by atoms with Gasteiger partial charge in [-0.2, -0.15) is 10.2 Å². The summed E-state index contributed by atoms with van der Waals surface area (Å²) < 4.78 is 0. The minimum atomic E-state index is 0.458. The van der Waals surface area contributed by atoms with Gasteiger partial charge in [-0.05, 0) is 29.9 Å². The van der Waals surface area contributed by atoms with Gasteiger partial charge in [0.15, 0.2) is 0 Å². The van der Waals surface area contributed by atoms with E-state index in [0.717, 1.165) is 12.1 Å². The van der Waals surface area contributed by atoms with Crippen LogP contribution >= 0.6 is 0 Å². The van der Waals surface area contributed by atoms with Crippen LogP contribution in [0.3, 0.4) is 0 Å². The lowest BCUT2D eigenvalue weighted by Gasteiger charge is -2.06. The average Bonchev–Trinajstić information content (AvgIpc) is 2.87. The van der Waals surface area contributed by atoms with Crippen LogP contribution in [0.5, 0.6) is 0 Å². The Kier molecular flexibility index (Phi) is 3.08. The van der Waals surface area contributed by atoms with E-state index in [0.29, 0.717) is 11.8 Å². The Bertz CT molecular complexity index is 428. The summed E-state index contributed by atoms with van der Waals surface area (Å²) in [6, 6.07) is 2.15. The first-order chi connectivity index (χ1) is 7.66. The number of rotatable bonds is 4. The number of nitrogens with zero attached hydrogens (tertiary/aromatic N) is 2. The monoisotopic (exact) mass is 218 g/mol. The Morgan fingerprint density at radius 1 is 1.31 bits per heavy atom. The molecule has 4 heteroatoms. The minimum Gasteiger partial charge on any atom is -0.285 e. The Hall–Kier alpha value is -1.58. The Labute approximate surface area is 95.5 Å². The second-order valence-electron chi connectivity index (χ2n) is 4.61. The molecule has 2 aromatic heterocycles. The van der Waals surface area contributed by atoms with Gasteiger partial charge in [-0.3, -0.25) is 10.2 Å². The zero-order valence-electron chi connectivity index (χ0n) is 9.99. The maximum Gasteiger partial charge on any atom is 0.0650 e. The highest BCUT2D eigenvalue weighted by Gasteiger charge is 2.11. The van der Waals surface area contributed by atoms with Crippen LogP contribution in [0.4, 0.5) is 0 Å². The third-order valence-corrected chi connectivity index (χ3v) is 2.86. The van der Waals surface area contributed by atoms with Crippen molar-refractivity contribution in [3.63, 3.8) is 0 Å². The fourth-order valence-corrected chi connectivity index (χ4v) is 1.76. The molecule has 86 valence electrons. The summed E-state index contributed by atoms with van der Waals surface area (Å²) in [4.78, 5) is 0. The molecule has 1 unspecified atom stereocenters. The molecule has 0 radical (unpaired) electrons. The van der Waals surface area contributed by atoms with Gasteiger partial charge >= 0.3 is 0 Å². The van der Waals surface area contributed by atoms with Crippen molar-refractivity contribution in [3.8, 4) is 0 Å². The van der Waals surface area contributed by atoms with Crippen molar-refractivity contribution in [3.05, 3.63) is 35.4 Å². The SMILES string of the molecule is CC(C)c1cc(CC(C)c2cn[nH]c2)[nH]n1. The number of hydrogen-bond donors (Lipinski definition) is 2. The first-order valence-electron chi connectivity index (χ1n) is 5.69. The summed E-state index contributed by atoms with van der Waals surface area (Å²) in [5, 5.41) is 14.2. The van der Waals surface area contributed by atoms with Crippen molar-refractivity contribution < 1.29 is 0 Å². The Morgan fingerprint density at radius 3 is 2.69 bits per heavy atom. The van der Waals surface area contributed by atoms with Crippen molar-refractivity contribution in [1.82, 2.24) is 20.4 Å². The number of hydrogen-bond acceptors (Lipinski definition) is 2. The fourth-order valence-electron chi connectivity index (χ4n) is 1.76. The van der Waals surface area contributed by atoms with Gasteiger partial charge in [-0.25, -0.2) is 0 Å². The minimum absolute atomic E-state index is 0.458. The molecular weight excluding hydrogens is 200 g/mol. The van der Waals surface area contributed by atoms with E-state index in [1.807, 2.05) is 12.4 Å². The highest BCUT2D eigenvalue weighted by atomic mass is 15.1. The second kappa shape index (κ2) is 4.51. The normalized spacial score (nSPS) is 13.2. The smallest absolute Gasteiger partial charge is 0.0650 e. The highest BCUT2D eigenvalue weighted by molar-refractivity contribution is 5.17. The molecule has 16 heavy (non-hydrogen) atoms. The summed E-state index contributed by atoms with van der Waals surface area (Å²) in [6.45, 7) is 6.50. The van der Waals surface area contributed by atoms with Crippen molar-refractivity contribution in [2.24, 2.45) is 0 Å². The van der Waals surface area contributed by atoms with Crippen LogP contribution in [0.1, 0.15) is 49.6 Å². The molecule has 2 aromatic rings. The molecule has 0 amide bonds. The topological polar surface area (TPSA) is 57.4 Å². The molecule has 0 fully saturated rings. The van der Waals surface area contributed by atoms with Gasteiger partial charge in [0.25, 0.3) is 0 Å². The fraction of sp³-hybridized carbons (Fsp3) is 0.500. The standard InChI is InChI=1S/C12H18N4/c1-8(2)12-5-11(15-16-12)4-9(3)10-6-13-14-7-10/h5-9H,4H2,1-3H3,(H,13,14)(H,15,16). The molecule has 0 aliphatic rings. The lowest BCUT2D eigenvalue weighted by Crippen LogP contribution is -1.97. The van der Waals surface area contributed by atoms with Crippen molar-refractivity contribution in [2.75, 3.05) is 0 Å². The molecule has 2 rings (SSSR count). The number of nitrogens with one attached hydrogen (secondary N) is 2. The maximum absolute atomic E-state index is 4.30.